The lowest BCUT2D eigenvalue weighted by atomic mass is 10.1. The Morgan fingerprint density at radius 3 is 2.34 bits per heavy atom. The monoisotopic (exact) mass is 400 g/mol. The molecule has 2 aromatic heterocycles. The summed E-state index contributed by atoms with van der Waals surface area (Å²) in [7, 11) is 1.54. The molecule has 0 saturated carbocycles. The van der Waals surface area contributed by atoms with Crippen LogP contribution in [0.4, 0.5) is 5.69 Å². The molecule has 0 aliphatic carbocycles. The van der Waals surface area contributed by atoms with Gasteiger partial charge in [0.2, 0.25) is 5.88 Å². The molecule has 4 rings (SSSR count). The number of nitrogens with one attached hydrogen (secondary N) is 1. The zero-order valence-electron chi connectivity index (χ0n) is 16.2. The number of nitrogens with zero attached hydrogens (tertiary/aromatic N) is 1. The second kappa shape index (κ2) is 8.29. The van der Waals surface area contributed by atoms with Crippen molar-refractivity contribution in [3.63, 3.8) is 0 Å². The van der Waals surface area contributed by atoms with Gasteiger partial charge in [-0.15, -0.1) is 11.3 Å². The number of para-hydroxylation sites is 1. The Morgan fingerprint density at radius 1 is 0.931 bits per heavy atom. The quantitative estimate of drug-likeness (QED) is 0.444. The highest BCUT2D eigenvalue weighted by molar-refractivity contribution is 7.18. The summed E-state index contributed by atoms with van der Waals surface area (Å²) in [6, 6.07) is 23.5. The van der Waals surface area contributed by atoms with Crippen LogP contribution >= 0.6 is 11.3 Å². The Hall–Kier alpha value is -3.44. The summed E-state index contributed by atoms with van der Waals surface area (Å²) in [6.07, 6.45) is 1.70. The zero-order valence-corrected chi connectivity index (χ0v) is 17.0. The van der Waals surface area contributed by atoms with Crippen molar-refractivity contribution in [1.29, 1.82) is 0 Å². The summed E-state index contributed by atoms with van der Waals surface area (Å²) in [5.41, 5.74) is 4.46. The van der Waals surface area contributed by atoms with E-state index in [1.54, 1.807) is 30.7 Å². The molecule has 5 heteroatoms. The number of aryl methyl sites for hydroxylation is 1. The van der Waals surface area contributed by atoms with Gasteiger partial charge < -0.3 is 10.1 Å². The van der Waals surface area contributed by atoms with E-state index in [0.717, 1.165) is 21.0 Å². The third-order valence-electron chi connectivity index (χ3n) is 4.65. The first-order valence-corrected chi connectivity index (χ1v) is 10.0. The van der Waals surface area contributed by atoms with Crippen molar-refractivity contribution in [3.05, 3.63) is 90.1 Å². The minimum absolute atomic E-state index is 0.197. The first kappa shape index (κ1) is 18.9. The van der Waals surface area contributed by atoms with Gasteiger partial charge >= 0.3 is 0 Å². The predicted molar refractivity (Wildman–Crippen MR) is 119 cm³/mol. The molecule has 0 aliphatic rings. The number of benzene rings is 2. The van der Waals surface area contributed by atoms with Gasteiger partial charge in [-0.25, -0.2) is 4.98 Å². The van der Waals surface area contributed by atoms with E-state index in [-0.39, 0.29) is 5.91 Å². The molecule has 2 heterocycles. The van der Waals surface area contributed by atoms with Gasteiger partial charge in [-0.1, -0.05) is 42.5 Å². The minimum atomic E-state index is -0.197. The maximum atomic E-state index is 13.0. The SMILES string of the molecule is COc1cc(C(=O)Nc2ccccc2)c(-c2ccc(-c3ccccc3C)s2)cn1. The van der Waals surface area contributed by atoms with Crippen LogP contribution in [0.25, 0.3) is 20.9 Å². The van der Waals surface area contributed by atoms with E-state index < -0.39 is 0 Å². The maximum absolute atomic E-state index is 13.0. The highest BCUT2D eigenvalue weighted by Crippen LogP contribution is 2.37. The lowest BCUT2D eigenvalue weighted by Crippen LogP contribution is -2.13. The van der Waals surface area contributed by atoms with Crippen LogP contribution in [0.3, 0.4) is 0 Å². The van der Waals surface area contributed by atoms with Crippen molar-refractivity contribution in [1.82, 2.24) is 4.98 Å². The van der Waals surface area contributed by atoms with Crippen molar-refractivity contribution in [3.8, 4) is 26.8 Å². The van der Waals surface area contributed by atoms with Gasteiger partial charge in [-0.3, -0.25) is 4.79 Å². The standard InChI is InChI=1S/C24H20N2O2S/c1-16-8-6-7-11-18(16)21-12-13-22(29-21)20-15-25-23(28-2)14-19(20)24(27)26-17-9-4-3-5-10-17/h3-15H,1-2H3,(H,26,27). The molecule has 1 amide bonds. The second-order valence-corrected chi connectivity index (χ2v) is 7.65. The van der Waals surface area contributed by atoms with Gasteiger partial charge in [-0.2, -0.15) is 0 Å². The van der Waals surface area contributed by atoms with Crippen molar-refractivity contribution in [2.24, 2.45) is 0 Å². The molecule has 0 spiro atoms. The van der Waals surface area contributed by atoms with E-state index in [9.17, 15) is 4.79 Å². The Morgan fingerprint density at radius 2 is 1.62 bits per heavy atom. The van der Waals surface area contributed by atoms with E-state index in [1.165, 1.54) is 11.1 Å². The number of ether oxygens (including phenoxy) is 1. The predicted octanol–water partition coefficient (Wildman–Crippen LogP) is 6.05. The summed E-state index contributed by atoms with van der Waals surface area (Å²) in [5, 5.41) is 2.95. The van der Waals surface area contributed by atoms with Gasteiger partial charge in [0, 0.05) is 33.3 Å². The summed E-state index contributed by atoms with van der Waals surface area (Å²) in [5.74, 6) is 0.209. The summed E-state index contributed by atoms with van der Waals surface area (Å²) < 4.78 is 5.25. The average Bonchev–Trinajstić information content (AvgIpc) is 3.24. The molecule has 0 aliphatic heterocycles. The number of hydrogen-bond donors (Lipinski definition) is 1. The molecular weight excluding hydrogens is 380 g/mol. The molecule has 0 unspecified atom stereocenters. The third-order valence-corrected chi connectivity index (χ3v) is 5.80. The summed E-state index contributed by atoms with van der Waals surface area (Å²) in [6.45, 7) is 2.10. The van der Waals surface area contributed by atoms with E-state index in [1.807, 2.05) is 48.5 Å². The maximum Gasteiger partial charge on any atom is 0.256 e. The van der Waals surface area contributed by atoms with Crippen molar-refractivity contribution < 1.29 is 9.53 Å². The van der Waals surface area contributed by atoms with Gasteiger partial charge in [0.15, 0.2) is 0 Å². The lowest BCUT2D eigenvalue weighted by molar-refractivity contribution is 0.102. The van der Waals surface area contributed by atoms with E-state index in [4.69, 9.17) is 4.74 Å². The molecule has 1 N–H and O–H groups in total. The minimum Gasteiger partial charge on any atom is -0.481 e. The molecule has 0 saturated heterocycles. The number of hydrogen-bond acceptors (Lipinski definition) is 4. The number of thiophene rings is 1. The topological polar surface area (TPSA) is 51.2 Å². The summed E-state index contributed by atoms with van der Waals surface area (Å²) in [4.78, 5) is 19.5. The van der Waals surface area contributed by atoms with Gasteiger partial charge in [0.25, 0.3) is 5.91 Å². The van der Waals surface area contributed by atoms with Crippen LogP contribution in [0, 0.1) is 6.92 Å². The molecule has 0 bridgehead atoms. The van der Waals surface area contributed by atoms with Crippen LogP contribution in [0.5, 0.6) is 5.88 Å². The van der Waals surface area contributed by atoms with E-state index in [0.29, 0.717) is 11.4 Å². The molecule has 0 atom stereocenters. The highest BCUT2D eigenvalue weighted by atomic mass is 32.1. The van der Waals surface area contributed by atoms with Crippen molar-refractivity contribution in [2.45, 2.75) is 6.92 Å². The first-order chi connectivity index (χ1) is 14.2. The molecule has 29 heavy (non-hydrogen) atoms. The second-order valence-electron chi connectivity index (χ2n) is 6.57. The Labute approximate surface area is 173 Å². The molecule has 4 aromatic rings. The van der Waals surface area contributed by atoms with Crippen molar-refractivity contribution >= 4 is 22.9 Å². The lowest BCUT2D eigenvalue weighted by Gasteiger charge is -2.10. The van der Waals surface area contributed by atoms with Gasteiger partial charge in [0.05, 0.1) is 12.7 Å². The number of methoxy groups -OCH3 is 1. The average molecular weight is 401 g/mol. The van der Waals surface area contributed by atoms with Crippen LogP contribution < -0.4 is 10.1 Å². The molecule has 144 valence electrons. The summed E-state index contributed by atoms with van der Waals surface area (Å²) >= 11 is 1.64. The van der Waals surface area contributed by atoms with Crippen molar-refractivity contribution in [2.75, 3.05) is 12.4 Å². The fourth-order valence-corrected chi connectivity index (χ4v) is 4.25. The number of carbonyl (C=O) groups is 1. The normalized spacial score (nSPS) is 10.6. The fraction of sp³-hybridized carbons (Fsp3) is 0.0833. The van der Waals surface area contributed by atoms with Gasteiger partial charge in [0.1, 0.15) is 0 Å². The van der Waals surface area contributed by atoms with Crippen LogP contribution in [-0.4, -0.2) is 18.0 Å². The zero-order chi connectivity index (χ0) is 20.2. The van der Waals surface area contributed by atoms with Crippen LogP contribution in [0.15, 0.2) is 79.0 Å². The van der Waals surface area contributed by atoms with Crippen LogP contribution in [0.2, 0.25) is 0 Å². The Kier molecular flexibility index (Phi) is 5.40. The molecule has 4 nitrogen and oxygen atoms in total. The number of pyridine rings is 1. The molecular formula is C24H20N2O2S. The first-order valence-electron chi connectivity index (χ1n) is 9.22. The molecule has 0 radical (unpaired) electrons. The Balaban J connectivity index is 1.73. The number of rotatable bonds is 5. The number of aromatic nitrogens is 1. The van der Waals surface area contributed by atoms with Crippen LogP contribution in [0.1, 0.15) is 15.9 Å². The highest BCUT2D eigenvalue weighted by Gasteiger charge is 2.17. The molecule has 0 fully saturated rings. The fourth-order valence-electron chi connectivity index (χ4n) is 3.13. The van der Waals surface area contributed by atoms with E-state index >= 15 is 0 Å². The number of amides is 1. The third kappa shape index (κ3) is 4.05. The Bertz CT molecular complexity index is 1150. The van der Waals surface area contributed by atoms with Gasteiger partial charge in [-0.05, 0) is 42.3 Å². The van der Waals surface area contributed by atoms with Crippen LogP contribution in [-0.2, 0) is 0 Å². The number of carbonyl (C=O) groups excluding carboxylic acids is 1. The smallest absolute Gasteiger partial charge is 0.256 e. The number of anilines is 1. The van der Waals surface area contributed by atoms with E-state index in [2.05, 4.69) is 35.4 Å². The molecule has 2 aromatic carbocycles. The largest absolute Gasteiger partial charge is 0.481 e.